The van der Waals surface area contributed by atoms with Gasteiger partial charge < -0.3 is 0 Å². The Morgan fingerprint density at radius 1 is 1.29 bits per heavy atom. The summed E-state index contributed by atoms with van der Waals surface area (Å²) in [6.07, 6.45) is 6.96. The predicted molar refractivity (Wildman–Crippen MR) is 60.2 cm³/mol. The van der Waals surface area contributed by atoms with Crippen LogP contribution in [0.15, 0.2) is 0 Å². The molecule has 0 aromatic carbocycles. The summed E-state index contributed by atoms with van der Waals surface area (Å²) in [4.78, 5) is 12.1. The molecule has 0 spiro atoms. The maximum absolute atomic E-state index is 12.1. The van der Waals surface area contributed by atoms with E-state index in [9.17, 15) is 4.79 Å². The number of hydrogen-bond acceptors (Lipinski definition) is 1. The summed E-state index contributed by atoms with van der Waals surface area (Å²) < 4.78 is 0. The van der Waals surface area contributed by atoms with Crippen LogP contribution in [-0.4, -0.2) is 5.78 Å². The third kappa shape index (κ3) is 3.11. The van der Waals surface area contributed by atoms with Gasteiger partial charge in [-0.2, -0.15) is 0 Å². The zero-order valence-corrected chi connectivity index (χ0v) is 9.88. The van der Waals surface area contributed by atoms with E-state index in [1.807, 2.05) is 0 Å². The molecule has 2 atom stereocenters. The highest BCUT2D eigenvalue weighted by molar-refractivity contribution is 5.84. The van der Waals surface area contributed by atoms with Gasteiger partial charge in [-0.1, -0.05) is 33.6 Å². The largest absolute Gasteiger partial charge is 0.299 e. The van der Waals surface area contributed by atoms with Gasteiger partial charge in [0, 0.05) is 11.8 Å². The highest BCUT2D eigenvalue weighted by Gasteiger charge is 2.30. The lowest BCUT2D eigenvalue weighted by Crippen LogP contribution is -2.29. The zero-order chi connectivity index (χ0) is 10.6. The van der Waals surface area contributed by atoms with Crippen LogP contribution in [0, 0.1) is 17.8 Å². The van der Waals surface area contributed by atoms with Gasteiger partial charge in [0.2, 0.25) is 0 Å². The third-order valence-electron chi connectivity index (χ3n) is 3.30. The van der Waals surface area contributed by atoms with Gasteiger partial charge in [-0.05, 0) is 31.6 Å². The van der Waals surface area contributed by atoms with E-state index in [2.05, 4.69) is 20.8 Å². The van der Waals surface area contributed by atoms with Gasteiger partial charge in [0.05, 0.1) is 0 Å². The summed E-state index contributed by atoms with van der Waals surface area (Å²) in [5.74, 6) is 2.04. The predicted octanol–water partition coefficient (Wildman–Crippen LogP) is 3.82. The lowest BCUT2D eigenvalue weighted by molar-refractivity contribution is -0.130. The number of carbonyl (C=O) groups excluding carboxylic acids is 1. The molecule has 1 saturated carbocycles. The molecule has 1 rings (SSSR count). The second-order valence-electron chi connectivity index (χ2n) is 5.15. The topological polar surface area (TPSA) is 17.1 Å². The highest BCUT2D eigenvalue weighted by Crippen LogP contribution is 2.32. The average molecular weight is 196 g/mol. The minimum absolute atomic E-state index is 0.389. The SMILES string of the molecule is CCCC1CCCC(CC(C)C)C1=O. The number of hydrogen-bond donors (Lipinski definition) is 0. The van der Waals surface area contributed by atoms with Crippen LogP contribution < -0.4 is 0 Å². The van der Waals surface area contributed by atoms with Crippen LogP contribution in [0.3, 0.4) is 0 Å². The molecule has 1 nitrogen and oxygen atoms in total. The fourth-order valence-corrected chi connectivity index (χ4v) is 2.67. The molecule has 0 N–H and O–H groups in total. The van der Waals surface area contributed by atoms with Crippen LogP contribution in [0.4, 0.5) is 0 Å². The molecule has 0 bridgehead atoms. The first-order valence-electron chi connectivity index (χ1n) is 6.18. The first kappa shape index (κ1) is 11.7. The van der Waals surface area contributed by atoms with Crippen LogP contribution >= 0.6 is 0 Å². The Morgan fingerprint density at radius 3 is 2.50 bits per heavy atom. The fourth-order valence-electron chi connectivity index (χ4n) is 2.67. The van der Waals surface area contributed by atoms with Gasteiger partial charge in [-0.15, -0.1) is 0 Å². The Morgan fingerprint density at radius 2 is 1.93 bits per heavy atom. The van der Waals surface area contributed by atoms with Gasteiger partial charge in [0.25, 0.3) is 0 Å². The van der Waals surface area contributed by atoms with E-state index in [4.69, 9.17) is 0 Å². The molecule has 1 heteroatoms. The van der Waals surface area contributed by atoms with Crippen LogP contribution in [0.5, 0.6) is 0 Å². The third-order valence-corrected chi connectivity index (χ3v) is 3.30. The van der Waals surface area contributed by atoms with E-state index >= 15 is 0 Å². The van der Waals surface area contributed by atoms with Crippen molar-refractivity contribution in [2.45, 2.75) is 59.3 Å². The quantitative estimate of drug-likeness (QED) is 0.668. The van der Waals surface area contributed by atoms with Crippen molar-refractivity contribution in [2.75, 3.05) is 0 Å². The second-order valence-corrected chi connectivity index (χ2v) is 5.15. The normalized spacial score (nSPS) is 28.4. The van der Waals surface area contributed by atoms with Crippen molar-refractivity contribution in [3.8, 4) is 0 Å². The maximum atomic E-state index is 12.1. The highest BCUT2D eigenvalue weighted by atomic mass is 16.1. The summed E-state index contributed by atoms with van der Waals surface area (Å²) in [5, 5.41) is 0. The van der Waals surface area contributed by atoms with Gasteiger partial charge in [-0.25, -0.2) is 0 Å². The first-order chi connectivity index (χ1) is 6.65. The molecular weight excluding hydrogens is 172 g/mol. The Labute approximate surface area is 88.3 Å². The molecule has 1 fully saturated rings. The number of rotatable bonds is 4. The summed E-state index contributed by atoms with van der Waals surface area (Å²) >= 11 is 0. The molecule has 82 valence electrons. The van der Waals surface area contributed by atoms with Crippen molar-refractivity contribution < 1.29 is 4.79 Å². The Hall–Kier alpha value is -0.330. The molecule has 0 aromatic rings. The summed E-state index contributed by atoms with van der Waals surface area (Å²) in [5.41, 5.74) is 0. The van der Waals surface area contributed by atoms with Crippen LogP contribution in [0.1, 0.15) is 59.3 Å². The number of Topliss-reactive ketones (excluding diaryl/α,β-unsaturated/α-hetero) is 1. The molecule has 14 heavy (non-hydrogen) atoms. The van der Waals surface area contributed by atoms with Gasteiger partial charge in [0.1, 0.15) is 5.78 Å². The average Bonchev–Trinajstić information content (AvgIpc) is 2.11. The summed E-state index contributed by atoms with van der Waals surface area (Å²) in [6, 6.07) is 0. The van der Waals surface area contributed by atoms with E-state index in [0.717, 1.165) is 32.1 Å². The van der Waals surface area contributed by atoms with Crippen molar-refractivity contribution in [2.24, 2.45) is 17.8 Å². The molecule has 1 aliphatic rings. The zero-order valence-electron chi connectivity index (χ0n) is 9.88. The lowest BCUT2D eigenvalue weighted by atomic mass is 9.75. The monoisotopic (exact) mass is 196 g/mol. The van der Waals surface area contributed by atoms with Crippen molar-refractivity contribution in [1.29, 1.82) is 0 Å². The van der Waals surface area contributed by atoms with Gasteiger partial charge >= 0.3 is 0 Å². The summed E-state index contributed by atoms with van der Waals surface area (Å²) in [7, 11) is 0. The van der Waals surface area contributed by atoms with E-state index in [1.165, 1.54) is 6.42 Å². The Kier molecular flexibility index (Phi) is 4.64. The first-order valence-corrected chi connectivity index (χ1v) is 6.18. The Balaban J connectivity index is 2.48. The molecule has 0 radical (unpaired) electrons. The molecule has 0 amide bonds. The van der Waals surface area contributed by atoms with E-state index < -0.39 is 0 Å². The van der Waals surface area contributed by atoms with Crippen LogP contribution in [0.2, 0.25) is 0 Å². The van der Waals surface area contributed by atoms with E-state index in [-0.39, 0.29) is 0 Å². The molecule has 0 aliphatic heterocycles. The number of ketones is 1. The fraction of sp³-hybridized carbons (Fsp3) is 0.923. The second kappa shape index (κ2) is 5.53. The van der Waals surface area contributed by atoms with Crippen molar-refractivity contribution in [1.82, 2.24) is 0 Å². The lowest BCUT2D eigenvalue weighted by Gasteiger charge is -2.28. The van der Waals surface area contributed by atoms with E-state index in [1.54, 1.807) is 0 Å². The molecule has 0 aromatic heterocycles. The van der Waals surface area contributed by atoms with Crippen molar-refractivity contribution >= 4 is 5.78 Å². The van der Waals surface area contributed by atoms with Crippen LogP contribution in [0.25, 0.3) is 0 Å². The van der Waals surface area contributed by atoms with Crippen LogP contribution in [-0.2, 0) is 4.79 Å². The van der Waals surface area contributed by atoms with E-state index in [0.29, 0.717) is 23.5 Å². The minimum Gasteiger partial charge on any atom is -0.299 e. The van der Waals surface area contributed by atoms with Crippen molar-refractivity contribution in [3.05, 3.63) is 0 Å². The molecule has 1 aliphatic carbocycles. The standard InChI is InChI=1S/C13H24O/c1-4-6-11-7-5-8-12(13(11)14)9-10(2)3/h10-12H,4-9H2,1-3H3. The molecule has 0 saturated heterocycles. The summed E-state index contributed by atoms with van der Waals surface area (Å²) in [6.45, 7) is 6.62. The van der Waals surface area contributed by atoms with Gasteiger partial charge in [0.15, 0.2) is 0 Å². The Bertz CT molecular complexity index is 182. The molecular formula is C13H24O. The minimum atomic E-state index is 0.389. The number of carbonyl (C=O) groups is 1. The van der Waals surface area contributed by atoms with Gasteiger partial charge in [-0.3, -0.25) is 4.79 Å². The smallest absolute Gasteiger partial charge is 0.139 e. The molecule has 0 heterocycles. The van der Waals surface area contributed by atoms with Crippen molar-refractivity contribution in [3.63, 3.8) is 0 Å². The maximum Gasteiger partial charge on any atom is 0.139 e. The molecule has 2 unspecified atom stereocenters.